The highest BCUT2D eigenvalue weighted by Crippen LogP contribution is 2.22. The maximum absolute atomic E-state index is 10.6. The van der Waals surface area contributed by atoms with E-state index in [0.717, 1.165) is 5.56 Å². The van der Waals surface area contributed by atoms with Gasteiger partial charge in [0.2, 0.25) is 0 Å². The lowest BCUT2D eigenvalue weighted by Gasteiger charge is -2.09. The topological polar surface area (TPSA) is 58.9 Å². The van der Waals surface area contributed by atoms with Crippen LogP contribution in [-0.4, -0.2) is 17.3 Å². The zero-order chi connectivity index (χ0) is 9.26. The zero-order valence-corrected chi connectivity index (χ0v) is 7.95. The van der Waals surface area contributed by atoms with Crippen molar-refractivity contribution < 1.29 is 14.7 Å². The number of hydrogen-bond acceptors (Lipinski definition) is 3. The zero-order valence-electron chi connectivity index (χ0n) is 7.14. The lowest BCUT2D eigenvalue weighted by molar-refractivity contribution is 0.0696. The molecule has 74 valence electrons. The quantitative estimate of drug-likeness (QED) is 0.773. The van der Waals surface area contributed by atoms with Crippen molar-refractivity contribution in [2.24, 2.45) is 5.16 Å². The molecule has 1 heterocycles. The minimum absolute atomic E-state index is 0. The number of fused-ring (bicyclic) bond motifs is 1. The van der Waals surface area contributed by atoms with E-state index in [-0.39, 0.29) is 18.0 Å². The van der Waals surface area contributed by atoms with E-state index in [4.69, 9.17) is 9.94 Å². The van der Waals surface area contributed by atoms with Gasteiger partial charge in [-0.15, -0.1) is 12.4 Å². The highest BCUT2D eigenvalue weighted by molar-refractivity contribution is 5.88. The SMILES string of the molecule is Cl.O=C(O)c1ccc2c(c1)CC=NO2. The van der Waals surface area contributed by atoms with Crippen LogP contribution < -0.4 is 4.84 Å². The van der Waals surface area contributed by atoms with Gasteiger partial charge in [0.15, 0.2) is 5.75 Å². The Hall–Kier alpha value is -1.55. The van der Waals surface area contributed by atoms with E-state index >= 15 is 0 Å². The minimum Gasteiger partial charge on any atom is -0.478 e. The highest BCUT2D eigenvalue weighted by atomic mass is 35.5. The van der Waals surface area contributed by atoms with Crippen LogP contribution >= 0.6 is 12.4 Å². The molecule has 0 aliphatic carbocycles. The van der Waals surface area contributed by atoms with Crippen LogP contribution in [0, 0.1) is 0 Å². The molecule has 0 atom stereocenters. The first-order valence-corrected chi connectivity index (χ1v) is 3.82. The number of carbonyl (C=O) groups is 1. The molecule has 4 nitrogen and oxygen atoms in total. The molecule has 14 heavy (non-hydrogen) atoms. The second-order valence-corrected chi connectivity index (χ2v) is 2.71. The van der Waals surface area contributed by atoms with Crippen LogP contribution in [0.2, 0.25) is 0 Å². The molecule has 0 saturated carbocycles. The van der Waals surface area contributed by atoms with Crippen molar-refractivity contribution in [3.05, 3.63) is 29.3 Å². The summed E-state index contributed by atoms with van der Waals surface area (Å²) >= 11 is 0. The molecule has 1 aliphatic rings. The molecule has 1 aliphatic heterocycles. The normalized spacial score (nSPS) is 12.3. The van der Waals surface area contributed by atoms with E-state index in [1.165, 1.54) is 6.07 Å². The first kappa shape index (κ1) is 10.5. The molecule has 5 heteroatoms. The maximum Gasteiger partial charge on any atom is 0.335 e. The Kier molecular flexibility index (Phi) is 3.09. The molecule has 0 unspecified atom stereocenters. The Morgan fingerprint density at radius 1 is 1.50 bits per heavy atom. The first-order chi connectivity index (χ1) is 6.27. The molecule has 2 rings (SSSR count). The summed E-state index contributed by atoms with van der Waals surface area (Å²) in [4.78, 5) is 15.5. The van der Waals surface area contributed by atoms with Gasteiger partial charge in [-0.25, -0.2) is 4.79 Å². The van der Waals surface area contributed by atoms with Crippen LogP contribution in [0.25, 0.3) is 0 Å². The van der Waals surface area contributed by atoms with E-state index in [1.54, 1.807) is 18.3 Å². The fraction of sp³-hybridized carbons (Fsp3) is 0.111. The molecule has 0 fully saturated rings. The monoisotopic (exact) mass is 213 g/mol. The van der Waals surface area contributed by atoms with Crippen LogP contribution in [0.3, 0.4) is 0 Å². The largest absolute Gasteiger partial charge is 0.478 e. The van der Waals surface area contributed by atoms with Crippen LogP contribution in [0.1, 0.15) is 15.9 Å². The number of rotatable bonds is 1. The Morgan fingerprint density at radius 2 is 2.29 bits per heavy atom. The molecular formula is C9H8ClNO3. The fourth-order valence-corrected chi connectivity index (χ4v) is 1.19. The minimum atomic E-state index is -0.926. The lowest BCUT2D eigenvalue weighted by atomic mass is 10.1. The summed E-state index contributed by atoms with van der Waals surface area (Å²) in [5.41, 5.74) is 1.13. The molecule has 0 radical (unpaired) electrons. The van der Waals surface area contributed by atoms with E-state index in [9.17, 15) is 4.79 Å². The summed E-state index contributed by atoms with van der Waals surface area (Å²) in [6, 6.07) is 4.72. The molecular weight excluding hydrogens is 206 g/mol. The van der Waals surface area contributed by atoms with E-state index in [0.29, 0.717) is 12.2 Å². The van der Waals surface area contributed by atoms with Crippen molar-refractivity contribution in [1.29, 1.82) is 0 Å². The van der Waals surface area contributed by atoms with Crippen molar-refractivity contribution in [2.45, 2.75) is 6.42 Å². The Balaban J connectivity index is 0.000000980. The summed E-state index contributed by atoms with van der Waals surface area (Å²) in [5, 5.41) is 12.3. The average Bonchev–Trinajstić information content (AvgIpc) is 2.17. The second kappa shape index (κ2) is 4.11. The highest BCUT2D eigenvalue weighted by Gasteiger charge is 2.11. The third-order valence-electron chi connectivity index (χ3n) is 1.84. The van der Waals surface area contributed by atoms with Crippen LogP contribution in [-0.2, 0) is 6.42 Å². The summed E-state index contributed by atoms with van der Waals surface area (Å²) in [5.74, 6) is -0.294. The molecule has 1 aromatic rings. The van der Waals surface area contributed by atoms with Gasteiger partial charge in [0, 0.05) is 18.2 Å². The van der Waals surface area contributed by atoms with Gasteiger partial charge >= 0.3 is 5.97 Å². The van der Waals surface area contributed by atoms with Crippen molar-refractivity contribution in [2.75, 3.05) is 0 Å². The van der Waals surface area contributed by atoms with E-state index in [2.05, 4.69) is 5.16 Å². The fourth-order valence-electron chi connectivity index (χ4n) is 1.19. The van der Waals surface area contributed by atoms with Crippen molar-refractivity contribution in [3.63, 3.8) is 0 Å². The molecule has 0 spiro atoms. The molecule has 1 N–H and O–H groups in total. The smallest absolute Gasteiger partial charge is 0.335 e. The number of nitrogens with zero attached hydrogens (tertiary/aromatic N) is 1. The van der Waals surface area contributed by atoms with E-state index < -0.39 is 5.97 Å². The third kappa shape index (κ3) is 1.85. The van der Waals surface area contributed by atoms with Gasteiger partial charge in [-0.2, -0.15) is 0 Å². The number of oxime groups is 1. The van der Waals surface area contributed by atoms with Gasteiger partial charge in [-0.05, 0) is 18.2 Å². The van der Waals surface area contributed by atoms with E-state index in [1.807, 2.05) is 0 Å². The second-order valence-electron chi connectivity index (χ2n) is 2.71. The molecule has 0 bridgehead atoms. The van der Waals surface area contributed by atoms with Crippen LogP contribution in [0.15, 0.2) is 23.4 Å². The summed E-state index contributed by atoms with van der Waals surface area (Å²) < 4.78 is 0. The molecule has 0 aromatic heterocycles. The summed E-state index contributed by atoms with van der Waals surface area (Å²) in [6.07, 6.45) is 2.23. The van der Waals surface area contributed by atoms with Crippen LogP contribution in [0.5, 0.6) is 5.75 Å². The van der Waals surface area contributed by atoms with Gasteiger partial charge in [-0.1, -0.05) is 5.16 Å². The lowest BCUT2D eigenvalue weighted by Crippen LogP contribution is -2.03. The Bertz CT molecular complexity index is 390. The number of halogens is 1. The Labute approximate surface area is 86.6 Å². The van der Waals surface area contributed by atoms with Crippen molar-refractivity contribution in [3.8, 4) is 5.75 Å². The Morgan fingerprint density at radius 3 is 3.00 bits per heavy atom. The molecule has 0 saturated heterocycles. The summed E-state index contributed by atoms with van der Waals surface area (Å²) in [6.45, 7) is 0. The molecule has 0 amide bonds. The van der Waals surface area contributed by atoms with Crippen molar-refractivity contribution in [1.82, 2.24) is 0 Å². The number of carboxylic acid groups (broad SMARTS) is 1. The van der Waals surface area contributed by atoms with Gasteiger partial charge in [0.05, 0.1) is 5.56 Å². The van der Waals surface area contributed by atoms with Gasteiger partial charge in [0.1, 0.15) is 0 Å². The van der Waals surface area contributed by atoms with Gasteiger partial charge < -0.3 is 9.94 Å². The summed E-state index contributed by atoms with van der Waals surface area (Å²) in [7, 11) is 0. The predicted octanol–water partition coefficient (Wildman–Crippen LogP) is 1.73. The third-order valence-corrected chi connectivity index (χ3v) is 1.84. The van der Waals surface area contributed by atoms with Gasteiger partial charge in [0.25, 0.3) is 0 Å². The molecule has 1 aromatic carbocycles. The average molecular weight is 214 g/mol. The number of benzene rings is 1. The first-order valence-electron chi connectivity index (χ1n) is 3.82. The van der Waals surface area contributed by atoms with Crippen LogP contribution in [0.4, 0.5) is 0 Å². The number of carboxylic acids is 1. The van der Waals surface area contributed by atoms with Crippen molar-refractivity contribution >= 4 is 24.6 Å². The number of hydrogen-bond donors (Lipinski definition) is 1. The standard InChI is InChI=1S/C9H7NO3.ClH/c11-9(12)7-1-2-8-6(5-7)3-4-10-13-8;/h1-2,4-5H,3H2,(H,11,12);1H. The van der Waals surface area contributed by atoms with Gasteiger partial charge in [-0.3, -0.25) is 0 Å². The predicted molar refractivity (Wildman–Crippen MR) is 53.5 cm³/mol. The number of aromatic carboxylic acids is 1. The maximum atomic E-state index is 10.6.